The zero-order valence-corrected chi connectivity index (χ0v) is 8.61. The van der Waals surface area contributed by atoms with E-state index in [9.17, 15) is 5.02 Å². The standard InChI is InChI=1S/C12H11BO3.BH3.Rb.H/c14-13(15-11-7-3-1-4-8-11)16-12-9-5-2-6-10-12;;;/h1-10,14H;1H3;;. The van der Waals surface area contributed by atoms with Gasteiger partial charge < -0.3 is 14.3 Å². The summed E-state index contributed by atoms with van der Waals surface area (Å²) in [5, 5.41) is 9.51. The van der Waals surface area contributed by atoms with Crippen LogP contribution in [0, 0.1) is 0 Å². The van der Waals surface area contributed by atoms with Crippen LogP contribution in [0.1, 0.15) is 0 Å². The second-order valence-electron chi connectivity index (χ2n) is 3.17. The average molecular weight is 314 g/mol. The summed E-state index contributed by atoms with van der Waals surface area (Å²) in [6.45, 7) is 0. The summed E-state index contributed by atoms with van der Waals surface area (Å²) in [6, 6.07) is 18.0. The van der Waals surface area contributed by atoms with Crippen LogP contribution in [-0.2, 0) is 0 Å². The van der Waals surface area contributed by atoms with Crippen molar-refractivity contribution in [2.24, 2.45) is 0 Å². The van der Waals surface area contributed by atoms with Gasteiger partial charge in [-0.1, -0.05) is 36.4 Å². The fraction of sp³-hybridized carbons (Fsp3) is 0. The van der Waals surface area contributed by atoms with Gasteiger partial charge in [-0.3, -0.25) is 0 Å². The minimum absolute atomic E-state index is 0. The van der Waals surface area contributed by atoms with Crippen molar-refractivity contribution in [3.63, 3.8) is 0 Å². The van der Waals surface area contributed by atoms with Crippen LogP contribution in [0.2, 0.25) is 0 Å². The molecule has 0 aliphatic carbocycles. The van der Waals surface area contributed by atoms with Crippen molar-refractivity contribution in [1.29, 1.82) is 0 Å². The Kier molecular flexibility index (Phi) is 9.78. The molecule has 0 unspecified atom stereocenters. The Morgan fingerprint density at radius 3 is 1.39 bits per heavy atom. The SMILES string of the molecule is B.OB(Oc1ccccc1)Oc1ccccc1.[RbH]. The van der Waals surface area contributed by atoms with Crippen LogP contribution in [0.4, 0.5) is 0 Å². The summed E-state index contributed by atoms with van der Waals surface area (Å²) < 4.78 is 10.3. The molecule has 2 aromatic rings. The van der Waals surface area contributed by atoms with E-state index in [1.165, 1.54) is 0 Å². The second-order valence-corrected chi connectivity index (χ2v) is 3.17. The van der Waals surface area contributed by atoms with E-state index in [1.807, 2.05) is 36.4 Å². The molecule has 88 valence electrons. The van der Waals surface area contributed by atoms with Gasteiger partial charge in [0, 0.05) is 0 Å². The Hall–Kier alpha value is -0.0649. The van der Waals surface area contributed by atoms with E-state index < -0.39 is 7.32 Å². The summed E-state index contributed by atoms with van der Waals surface area (Å²) in [5.74, 6) is 1.12. The molecule has 3 nitrogen and oxygen atoms in total. The van der Waals surface area contributed by atoms with Gasteiger partial charge >= 0.3 is 65.5 Å². The van der Waals surface area contributed by atoms with Crippen LogP contribution < -0.4 is 9.31 Å². The van der Waals surface area contributed by atoms with E-state index in [-0.39, 0.29) is 66.6 Å². The van der Waals surface area contributed by atoms with E-state index in [2.05, 4.69) is 0 Å². The summed E-state index contributed by atoms with van der Waals surface area (Å²) in [7, 11) is -1.30. The quantitative estimate of drug-likeness (QED) is 0.825. The Morgan fingerprint density at radius 1 is 0.722 bits per heavy atom. The third-order valence-electron chi connectivity index (χ3n) is 1.96. The first kappa shape index (κ1) is 17.9. The molecule has 0 heterocycles. The van der Waals surface area contributed by atoms with Gasteiger partial charge in [-0.2, -0.15) is 0 Å². The molecule has 0 saturated carbocycles. The van der Waals surface area contributed by atoms with Crippen molar-refractivity contribution in [3.8, 4) is 11.5 Å². The fourth-order valence-corrected chi connectivity index (χ4v) is 1.26. The molecule has 0 fully saturated rings. The van der Waals surface area contributed by atoms with Crippen molar-refractivity contribution in [2.75, 3.05) is 0 Å². The molecule has 0 atom stereocenters. The van der Waals surface area contributed by atoms with Gasteiger partial charge in [-0.05, 0) is 24.3 Å². The molecule has 2 aromatic carbocycles. The average Bonchev–Trinajstić information content (AvgIpc) is 2.31. The zero-order chi connectivity index (χ0) is 11.2. The Bertz CT molecular complexity index is 386. The summed E-state index contributed by atoms with van der Waals surface area (Å²) in [4.78, 5) is 0. The van der Waals surface area contributed by atoms with Gasteiger partial charge in [0.15, 0.2) is 0 Å². The predicted octanol–water partition coefficient (Wildman–Crippen LogP) is 0.289. The van der Waals surface area contributed by atoms with Crippen LogP contribution in [0.3, 0.4) is 0 Å². The first-order valence-corrected chi connectivity index (χ1v) is 4.96. The molecule has 1 N–H and O–H groups in total. The molecule has 0 saturated heterocycles. The van der Waals surface area contributed by atoms with Crippen molar-refractivity contribution >= 4 is 73.9 Å². The molecule has 0 amide bonds. The first-order valence-electron chi connectivity index (χ1n) is 4.96. The summed E-state index contributed by atoms with van der Waals surface area (Å²) in [5.41, 5.74) is 0. The maximum atomic E-state index is 9.51. The Labute approximate surface area is 158 Å². The van der Waals surface area contributed by atoms with E-state index >= 15 is 0 Å². The van der Waals surface area contributed by atoms with E-state index in [0.717, 1.165) is 0 Å². The molecular formula is C12H15B2O3Rb. The molecule has 0 bridgehead atoms. The fourth-order valence-electron chi connectivity index (χ4n) is 1.26. The number of hydrogen-bond acceptors (Lipinski definition) is 3. The number of benzene rings is 2. The van der Waals surface area contributed by atoms with Gasteiger partial charge in [-0.15, -0.1) is 0 Å². The molecule has 0 spiro atoms. The molecule has 0 aliphatic rings. The van der Waals surface area contributed by atoms with Crippen molar-refractivity contribution < 1.29 is 14.3 Å². The topological polar surface area (TPSA) is 38.7 Å². The molecular weight excluding hydrogens is 299 g/mol. The van der Waals surface area contributed by atoms with Crippen molar-refractivity contribution in [1.82, 2.24) is 0 Å². The van der Waals surface area contributed by atoms with Crippen LogP contribution in [0.15, 0.2) is 60.7 Å². The monoisotopic (exact) mass is 314 g/mol. The van der Waals surface area contributed by atoms with Gasteiger partial charge in [0.05, 0.1) is 8.41 Å². The van der Waals surface area contributed by atoms with Crippen LogP contribution in [0.5, 0.6) is 11.5 Å². The predicted molar refractivity (Wildman–Crippen MR) is 79.2 cm³/mol. The van der Waals surface area contributed by atoms with Gasteiger partial charge in [-0.25, -0.2) is 0 Å². The van der Waals surface area contributed by atoms with Gasteiger partial charge in [0.25, 0.3) is 0 Å². The van der Waals surface area contributed by atoms with Gasteiger partial charge in [0.1, 0.15) is 11.5 Å². The Balaban J connectivity index is 0.00000144. The van der Waals surface area contributed by atoms with Crippen molar-refractivity contribution in [2.45, 2.75) is 0 Å². The molecule has 0 radical (unpaired) electrons. The van der Waals surface area contributed by atoms with E-state index in [1.54, 1.807) is 24.3 Å². The van der Waals surface area contributed by atoms with Crippen LogP contribution in [-0.4, -0.2) is 78.9 Å². The number of rotatable bonds is 4. The van der Waals surface area contributed by atoms with Crippen molar-refractivity contribution in [3.05, 3.63) is 60.7 Å². The number of para-hydroxylation sites is 2. The molecule has 2 rings (SSSR count). The number of hydrogen-bond donors (Lipinski definition) is 1. The zero-order valence-electron chi connectivity index (χ0n) is 8.61. The molecule has 0 aliphatic heterocycles. The third-order valence-corrected chi connectivity index (χ3v) is 1.96. The molecule has 6 heteroatoms. The van der Waals surface area contributed by atoms with Crippen LogP contribution in [0.25, 0.3) is 0 Å². The molecule has 0 aromatic heterocycles. The summed E-state index contributed by atoms with van der Waals surface area (Å²) >= 11 is 0. The minimum atomic E-state index is -1.30. The molecule has 18 heavy (non-hydrogen) atoms. The van der Waals surface area contributed by atoms with Crippen LogP contribution >= 0.6 is 0 Å². The second kappa shape index (κ2) is 9.81. The first-order chi connectivity index (χ1) is 7.84. The van der Waals surface area contributed by atoms with E-state index in [4.69, 9.17) is 9.31 Å². The summed E-state index contributed by atoms with van der Waals surface area (Å²) in [6.07, 6.45) is 0. The normalized spacial score (nSPS) is 8.50. The van der Waals surface area contributed by atoms with E-state index in [0.29, 0.717) is 11.5 Å². The maximum absolute atomic E-state index is 9.51. The third kappa shape index (κ3) is 6.20. The van der Waals surface area contributed by atoms with Gasteiger partial charge in [0.2, 0.25) is 0 Å². The Morgan fingerprint density at radius 2 is 1.06 bits per heavy atom.